The summed E-state index contributed by atoms with van der Waals surface area (Å²) < 4.78 is 13.1. The number of rotatable bonds is 2. The van der Waals surface area contributed by atoms with E-state index in [-0.39, 0.29) is 22.3 Å². The van der Waals surface area contributed by atoms with Crippen LogP contribution in [-0.4, -0.2) is 29.3 Å². The van der Waals surface area contributed by atoms with Gasteiger partial charge < -0.3 is 4.90 Å². The van der Waals surface area contributed by atoms with Gasteiger partial charge in [0.25, 0.3) is 5.91 Å². The molecule has 1 fully saturated rings. The van der Waals surface area contributed by atoms with Crippen LogP contribution in [0.3, 0.4) is 0 Å². The zero-order valence-corrected chi connectivity index (χ0v) is 12.2. The Morgan fingerprint density at radius 2 is 2.05 bits per heavy atom. The average molecular weight is 304 g/mol. The van der Waals surface area contributed by atoms with Crippen LogP contribution in [0.25, 0.3) is 0 Å². The van der Waals surface area contributed by atoms with E-state index in [1.54, 1.807) is 11.9 Å². The molecule has 0 saturated heterocycles. The molecule has 2 nitrogen and oxygen atoms in total. The Bertz CT molecular complexity index is 481. The lowest BCUT2D eigenvalue weighted by Gasteiger charge is -2.35. The van der Waals surface area contributed by atoms with E-state index in [2.05, 4.69) is 0 Å². The Balaban J connectivity index is 2.15. The van der Waals surface area contributed by atoms with Crippen LogP contribution >= 0.6 is 23.2 Å². The quantitative estimate of drug-likeness (QED) is 0.753. The highest BCUT2D eigenvalue weighted by molar-refractivity contribution is 6.31. The fourth-order valence-corrected chi connectivity index (χ4v) is 3.12. The lowest BCUT2D eigenvalue weighted by molar-refractivity contribution is 0.0700. The Morgan fingerprint density at radius 3 is 2.68 bits per heavy atom. The minimum atomic E-state index is -0.520. The van der Waals surface area contributed by atoms with Gasteiger partial charge in [-0.1, -0.05) is 24.4 Å². The second kappa shape index (κ2) is 6.10. The molecule has 0 spiro atoms. The first-order valence-corrected chi connectivity index (χ1v) is 7.18. The van der Waals surface area contributed by atoms with Crippen molar-refractivity contribution in [1.29, 1.82) is 0 Å². The highest BCUT2D eigenvalue weighted by Gasteiger charge is 2.29. The molecule has 0 heterocycles. The van der Waals surface area contributed by atoms with Crippen molar-refractivity contribution in [2.75, 3.05) is 7.05 Å². The smallest absolute Gasteiger partial charge is 0.253 e. The van der Waals surface area contributed by atoms with Gasteiger partial charge in [0, 0.05) is 18.7 Å². The Kier molecular flexibility index (Phi) is 4.69. The van der Waals surface area contributed by atoms with Gasteiger partial charge in [0.15, 0.2) is 0 Å². The van der Waals surface area contributed by atoms with Crippen LogP contribution in [0.2, 0.25) is 5.02 Å². The first-order chi connectivity index (χ1) is 9.00. The van der Waals surface area contributed by atoms with Gasteiger partial charge in [-0.15, -0.1) is 11.6 Å². The first kappa shape index (κ1) is 14.6. The highest BCUT2D eigenvalue weighted by Crippen LogP contribution is 2.28. The second-order valence-corrected chi connectivity index (χ2v) is 5.88. The Hall–Kier alpha value is -0.800. The Morgan fingerprint density at radius 1 is 1.37 bits per heavy atom. The molecule has 0 radical (unpaired) electrons. The maximum absolute atomic E-state index is 13.1. The summed E-state index contributed by atoms with van der Waals surface area (Å²) in [5, 5.41) is -0.0519. The molecule has 19 heavy (non-hydrogen) atoms. The number of alkyl halides is 1. The summed E-state index contributed by atoms with van der Waals surface area (Å²) >= 11 is 12.0. The number of benzene rings is 1. The van der Waals surface area contributed by atoms with Gasteiger partial charge in [0.05, 0.1) is 10.4 Å². The minimum Gasteiger partial charge on any atom is -0.337 e. The number of hydrogen-bond donors (Lipinski definition) is 0. The van der Waals surface area contributed by atoms with Crippen LogP contribution < -0.4 is 0 Å². The molecule has 2 unspecified atom stereocenters. The summed E-state index contributed by atoms with van der Waals surface area (Å²) in [6.45, 7) is 0. The third-order valence-electron chi connectivity index (χ3n) is 3.63. The fraction of sp³-hybridized carbons (Fsp3) is 0.500. The summed E-state index contributed by atoms with van der Waals surface area (Å²) in [5.41, 5.74) is 0.392. The van der Waals surface area contributed by atoms with Crippen molar-refractivity contribution >= 4 is 29.1 Å². The third-order valence-corrected chi connectivity index (χ3v) is 4.43. The van der Waals surface area contributed by atoms with Gasteiger partial charge >= 0.3 is 0 Å². The molecule has 2 atom stereocenters. The van der Waals surface area contributed by atoms with Crippen molar-refractivity contribution in [1.82, 2.24) is 4.90 Å². The number of halogens is 3. The maximum Gasteiger partial charge on any atom is 0.253 e. The molecular formula is C14H16Cl2FNO. The monoisotopic (exact) mass is 303 g/mol. The lowest BCUT2D eigenvalue weighted by Crippen LogP contribution is -2.44. The molecule has 0 bridgehead atoms. The van der Waals surface area contributed by atoms with Gasteiger partial charge in [-0.05, 0) is 31.0 Å². The molecule has 0 aliphatic heterocycles. The number of amides is 1. The summed E-state index contributed by atoms with van der Waals surface area (Å²) in [6, 6.07) is 4.06. The second-order valence-electron chi connectivity index (χ2n) is 4.91. The van der Waals surface area contributed by atoms with Crippen molar-refractivity contribution in [3.8, 4) is 0 Å². The molecule has 1 aliphatic rings. The first-order valence-electron chi connectivity index (χ1n) is 6.37. The molecule has 2 rings (SSSR count). The van der Waals surface area contributed by atoms with E-state index < -0.39 is 5.82 Å². The summed E-state index contributed by atoms with van der Waals surface area (Å²) in [4.78, 5) is 14.0. The molecule has 1 aromatic carbocycles. The van der Waals surface area contributed by atoms with Gasteiger partial charge in [-0.3, -0.25) is 4.79 Å². The van der Waals surface area contributed by atoms with Crippen LogP contribution in [0.4, 0.5) is 4.39 Å². The van der Waals surface area contributed by atoms with Crippen LogP contribution in [0.15, 0.2) is 18.2 Å². The van der Waals surface area contributed by atoms with E-state index in [1.165, 1.54) is 18.2 Å². The van der Waals surface area contributed by atoms with Gasteiger partial charge in [0.2, 0.25) is 0 Å². The average Bonchev–Trinajstić information content (AvgIpc) is 2.41. The molecule has 1 amide bonds. The van der Waals surface area contributed by atoms with E-state index in [1.807, 2.05) is 0 Å². The molecule has 1 aromatic rings. The molecule has 5 heteroatoms. The number of carbonyl (C=O) groups excluding carboxylic acids is 1. The van der Waals surface area contributed by atoms with Gasteiger partial charge in [-0.2, -0.15) is 0 Å². The predicted octanol–water partition coefficient (Wildman–Crippen LogP) is 4.10. The summed E-state index contributed by atoms with van der Waals surface area (Å²) in [5.74, 6) is -0.687. The van der Waals surface area contributed by atoms with Crippen molar-refractivity contribution in [2.24, 2.45) is 0 Å². The lowest BCUT2D eigenvalue weighted by atomic mass is 9.93. The molecule has 0 aromatic heterocycles. The molecular weight excluding hydrogens is 288 g/mol. The molecule has 104 valence electrons. The molecule has 1 saturated carbocycles. The topological polar surface area (TPSA) is 20.3 Å². The highest BCUT2D eigenvalue weighted by atomic mass is 35.5. The van der Waals surface area contributed by atoms with Crippen LogP contribution in [0.5, 0.6) is 0 Å². The summed E-state index contributed by atoms with van der Waals surface area (Å²) in [7, 11) is 1.74. The standard InChI is InChI=1S/C14H16Cl2FNO/c1-18(13-5-3-2-4-10(13)15)14(19)9-6-7-12(17)11(16)8-9/h6-8,10,13H,2-5H2,1H3. The fourth-order valence-electron chi connectivity index (χ4n) is 2.49. The van der Waals surface area contributed by atoms with E-state index in [0.717, 1.165) is 25.7 Å². The normalized spacial score (nSPS) is 23.2. The summed E-state index contributed by atoms with van der Waals surface area (Å²) in [6.07, 6.45) is 4.02. The number of carbonyl (C=O) groups is 1. The zero-order valence-electron chi connectivity index (χ0n) is 10.7. The zero-order chi connectivity index (χ0) is 14.0. The van der Waals surface area contributed by atoms with Crippen molar-refractivity contribution in [3.05, 3.63) is 34.6 Å². The largest absolute Gasteiger partial charge is 0.337 e. The SMILES string of the molecule is CN(C(=O)c1ccc(F)c(Cl)c1)C1CCCCC1Cl. The van der Waals surface area contributed by atoms with Crippen molar-refractivity contribution in [2.45, 2.75) is 37.1 Å². The van der Waals surface area contributed by atoms with Crippen molar-refractivity contribution in [3.63, 3.8) is 0 Å². The number of nitrogens with zero attached hydrogens (tertiary/aromatic N) is 1. The van der Waals surface area contributed by atoms with Gasteiger partial charge in [0.1, 0.15) is 5.82 Å². The van der Waals surface area contributed by atoms with Crippen molar-refractivity contribution < 1.29 is 9.18 Å². The van der Waals surface area contributed by atoms with Gasteiger partial charge in [-0.25, -0.2) is 4.39 Å². The van der Waals surface area contributed by atoms with Crippen LogP contribution in [0, 0.1) is 5.82 Å². The minimum absolute atomic E-state index is 0.0152. The Labute approximate surface area is 122 Å². The van der Waals surface area contributed by atoms with Crippen LogP contribution in [0.1, 0.15) is 36.0 Å². The predicted molar refractivity (Wildman–Crippen MR) is 75.4 cm³/mol. The molecule has 1 aliphatic carbocycles. The van der Waals surface area contributed by atoms with E-state index in [9.17, 15) is 9.18 Å². The van der Waals surface area contributed by atoms with E-state index in [4.69, 9.17) is 23.2 Å². The third kappa shape index (κ3) is 3.21. The van der Waals surface area contributed by atoms with Crippen LogP contribution in [-0.2, 0) is 0 Å². The van der Waals surface area contributed by atoms with E-state index in [0.29, 0.717) is 5.56 Å². The number of hydrogen-bond acceptors (Lipinski definition) is 1. The maximum atomic E-state index is 13.1. The van der Waals surface area contributed by atoms with E-state index >= 15 is 0 Å². The molecule has 0 N–H and O–H groups in total.